The number of ketones is 1. The van der Waals surface area contributed by atoms with Gasteiger partial charge in [0, 0.05) is 16.5 Å². The molecule has 0 fully saturated rings. The van der Waals surface area contributed by atoms with E-state index >= 15 is 0 Å². The number of aryl methyl sites for hydroxylation is 1. The van der Waals surface area contributed by atoms with E-state index in [1.165, 1.54) is 31.6 Å². The number of fused-ring (bicyclic) bond motifs is 1. The zero-order chi connectivity index (χ0) is 25.1. The van der Waals surface area contributed by atoms with E-state index in [0.29, 0.717) is 33.9 Å². The first-order valence-electron chi connectivity index (χ1n) is 10.8. The molecule has 2 aromatic carbocycles. The van der Waals surface area contributed by atoms with Gasteiger partial charge in [0.25, 0.3) is 5.91 Å². The van der Waals surface area contributed by atoms with Gasteiger partial charge in [0.2, 0.25) is 0 Å². The number of aromatic nitrogens is 1. The number of carbonyl (C=O) groups is 2. The fraction of sp³-hybridized carbons (Fsp3) is 0.192. The van der Waals surface area contributed by atoms with Gasteiger partial charge in [0.15, 0.2) is 17.3 Å². The number of methoxy groups -OCH3 is 2. The molecule has 1 amide bonds. The number of benzene rings is 2. The van der Waals surface area contributed by atoms with Crippen molar-refractivity contribution in [3.05, 3.63) is 75.0 Å². The minimum atomic E-state index is -0.423. The van der Waals surface area contributed by atoms with E-state index in [1.54, 1.807) is 30.3 Å². The maximum atomic E-state index is 14.3. The summed E-state index contributed by atoms with van der Waals surface area (Å²) in [5.41, 5.74) is 2.79. The van der Waals surface area contributed by atoms with Gasteiger partial charge in [-0.3, -0.25) is 9.59 Å². The Labute approximate surface area is 214 Å². The Morgan fingerprint density at radius 2 is 1.86 bits per heavy atom. The molecular formula is C26H22BrFN2O4S. The lowest BCUT2D eigenvalue weighted by atomic mass is 10.0. The molecule has 0 aliphatic heterocycles. The lowest BCUT2D eigenvalue weighted by molar-refractivity contribution is 0.0902. The molecule has 4 aromatic rings. The topological polar surface area (TPSA) is 77.5 Å². The third-order valence-corrected chi connectivity index (χ3v) is 7.40. The number of rotatable bonds is 8. The summed E-state index contributed by atoms with van der Waals surface area (Å²) in [6.07, 6.45) is 0.682. The quantitative estimate of drug-likeness (QED) is 0.267. The van der Waals surface area contributed by atoms with E-state index in [9.17, 15) is 14.0 Å². The van der Waals surface area contributed by atoms with Gasteiger partial charge in [-0.05, 0) is 64.3 Å². The fourth-order valence-electron chi connectivity index (χ4n) is 3.69. The molecule has 35 heavy (non-hydrogen) atoms. The standard InChI is InChI=1S/C26H22BrFN2O4S/c1-4-14-10-18(20(31)13-29-26(32)15-8-9-21(33-2)22(12-15)34-3)30-19(11-14)23-16-6-5-7-17(28)24(16)35-25(23)27/h5-12H,4,13H2,1-3H3,(H,29,32). The first-order chi connectivity index (χ1) is 16.9. The highest BCUT2D eigenvalue weighted by molar-refractivity contribution is 9.11. The maximum absolute atomic E-state index is 14.3. The van der Waals surface area contributed by atoms with Gasteiger partial charge < -0.3 is 14.8 Å². The summed E-state index contributed by atoms with van der Waals surface area (Å²) >= 11 is 4.82. The molecule has 6 nitrogen and oxygen atoms in total. The van der Waals surface area contributed by atoms with E-state index < -0.39 is 5.91 Å². The highest BCUT2D eigenvalue weighted by Gasteiger charge is 2.19. The molecule has 2 heterocycles. The lowest BCUT2D eigenvalue weighted by Gasteiger charge is -2.11. The number of amides is 1. The Morgan fingerprint density at radius 3 is 2.57 bits per heavy atom. The van der Waals surface area contributed by atoms with Gasteiger partial charge in [-0.2, -0.15) is 0 Å². The molecule has 0 bridgehead atoms. The van der Waals surface area contributed by atoms with Crippen LogP contribution in [0.3, 0.4) is 0 Å². The second-order valence-electron chi connectivity index (χ2n) is 7.64. The second kappa shape index (κ2) is 10.5. The molecule has 0 aliphatic rings. The SMILES string of the molecule is CCc1cc(C(=O)CNC(=O)c2ccc(OC)c(OC)c2)nc(-c2c(Br)sc3c(F)cccc23)c1. The van der Waals surface area contributed by atoms with E-state index in [0.717, 1.165) is 20.3 Å². The van der Waals surface area contributed by atoms with Crippen molar-refractivity contribution < 1.29 is 23.5 Å². The molecule has 180 valence electrons. The number of nitrogens with one attached hydrogen (secondary N) is 1. The molecule has 0 spiro atoms. The summed E-state index contributed by atoms with van der Waals surface area (Å²) in [5.74, 6) is -0.149. The molecule has 0 aliphatic carbocycles. The fourth-order valence-corrected chi connectivity index (χ4v) is 5.53. The number of ether oxygens (including phenoxy) is 2. The Morgan fingerprint density at radius 1 is 1.09 bits per heavy atom. The molecule has 0 unspecified atom stereocenters. The summed E-state index contributed by atoms with van der Waals surface area (Å²) in [7, 11) is 2.99. The number of pyridine rings is 1. The van der Waals surface area contributed by atoms with Crippen LogP contribution in [0.25, 0.3) is 21.3 Å². The summed E-state index contributed by atoms with van der Waals surface area (Å²) in [6, 6.07) is 13.3. The van der Waals surface area contributed by atoms with Crippen LogP contribution in [0, 0.1) is 5.82 Å². The largest absolute Gasteiger partial charge is 0.493 e. The average molecular weight is 557 g/mol. The van der Waals surface area contributed by atoms with E-state index in [-0.39, 0.29) is 23.8 Å². The zero-order valence-electron chi connectivity index (χ0n) is 19.3. The Hall–Kier alpha value is -3.30. The number of halogens is 2. The summed E-state index contributed by atoms with van der Waals surface area (Å²) in [5, 5.41) is 3.37. The van der Waals surface area contributed by atoms with Crippen molar-refractivity contribution >= 4 is 49.0 Å². The monoisotopic (exact) mass is 556 g/mol. The van der Waals surface area contributed by atoms with Crippen LogP contribution in [0.5, 0.6) is 11.5 Å². The van der Waals surface area contributed by atoms with E-state index in [1.807, 2.05) is 19.1 Å². The molecule has 0 atom stereocenters. The lowest BCUT2D eigenvalue weighted by Crippen LogP contribution is -2.30. The number of nitrogens with zero attached hydrogens (tertiary/aromatic N) is 1. The van der Waals surface area contributed by atoms with Crippen LogP contribution >= 0.6 is 27.3 Å². The predicted octanol–water partition coefficient (Wildman–Crippen LogP) is 6.06. The molecule has 9 heteroatoms. The first-order valence-corrected chi connectivity index (χ1v) is 12.4. The number of hydrogen-bond acceptors (Lipinski definition) is 6. The zero-order valence-corrected chi connectivity index (χ0v) is 21.7. The van der Waals surface area contributed by atoms with E-state index in [2.05, 4.69) is 26.2 Å². The van der Waals surface area contributed by atoms with Crippen LogP contribution in [0.2, 0.25) is 0 Å². The van der Waals surface area contributed by atoms with Gasteiger partial charge in [-0.15, -0.1) is 11.3 Å². The molecule has 0 saturated heterocycles. The van der Waals surface area contributed by atoms with Crippen molar-refractivity contribution in [3.63, 3.8) is 0 Å². The molecule has 0 radical (unpaired) electrons. The van der Waals surface area contributed by atoms with E-state index in [4.69, 9.17) is 9.47 Å². The highest BCUT2D eigenvalue weighted by atomic mass is 79.9. The van der Waals surface area contributed by atoms with Gasteiger partial charge in [-0.25, -0.2) is 9.37 Å². The van der Waals surface area contributed by atoms with Gasteiger partial charge in [-0.1, -0.05) is 19.1 Å². The van der Waals surface area contributed by atoms with Crippen LogP contribution in [-0.2, 0) is 6.42 Å². The number of carbonyl (C=O) groups excluding carboxylic acids is 2. The van der Waals surface area contributed by atoms with Crippen LogP contribution in [0.15, 0.2) is 52.3 Å². The average Bonchev–Trinajstić information content (AvgIpc) is 3.23. The molecular weight excluding hydrogens is 535 g/mol. The number of Topliss-reactive ketones (excluding diaryl/α,β-unsaturated/α-hetero) is 1. The van der Waals surface area contributed by atoms with Crippen LogP contribution in [0.4, 0.5) is 4.39 Å². The van der Waals surface area contributed by atoms with Crippen LogP contribution in [0.1, 0.15) is 33.3 Å². The minimum absolute atomic E-state index is 0.229. The van der Waals surface area contributed by atoms with Gasteiger partial charge in [0.1, 0.15) is 11.5 Å². The summed E-state index contributed by atoms with van der Waals surface area (Å²) in [6.45, 7) is 1.75. The van der Waals surface area contributed by atoms with Crippen molar-refractivity contribution in [2.45, 2.75) is 13.3 Å². The second-order valence-corrected chi connectivity index (χ2v) is 9.98. The van der Waals surface area contributed by atoms with Crippen molar-refractivity contribution in [2.24, 2.45) is 0 Å². The number of thiophene rings is 1. The van der Waals surface area contributed by atoms with Crippen molar-refractivity contribution in [3.8, 4) is 22.8 Å². The van der Waals surface area contributed by atoms with Gasteiger partial charge >= 0.3 is 0 Å². The summed E-state index contributed by atoms with van der Waals surface area (Å²) in [4.78, 5) is 30.2. The third kappa shape index (κ3) is 5.06. The number of hydrogen-bond donors (Lipinski definition) is 1. The minimum Gasteiger partial charge on any atom is -0.493 e. The van der Waals surface area contributed by atoms with Crippen LogP contribution < -0.4 is 14.8 Å². The molecule has 2 aromatic heterocycles. The molecule has 0 saturated carbocycles. The Balaban J connectivity index is 1.60. The highest BCUT2D eigenvalue weighted by Crippen LogP contribution is 2.42. The van der Waals surface area contributed by atoms with Crippen molar-refractivity contribution in [1.82, 2.24) is 10.3 Å². The smallest absolute Gasteiger partial charge is 0.251 e. The third-order valence-electron chi connectivity index (χ3n) is 5.51. The van der Waals surface area contributed by atoms with Crippen molar-refractivity contribution in [1.29, 1.82) is 0 Å². The molecule has 4 rings (SSSR count). The Kier molecular flexibility index (Phi) is 7.47. The molecule has 1 N–H and O–H groups in total. The van der Waals surface area contributed by atoms with Crippen LogP contribution in [-0.4, -0.2) is 37.4 Å². The Bertz CT molecular complexity index is 1440. The normalized spacial score (nSPS) is 10.9. The predicted molar refractivity (Wildman–Crippen MR) is 138 cm³/mol. The van der Waals surface area contributed by atoms with Crippen molar-refractivity contribution in [2.75, 3.05) is 20.8 Å². The maximum Gasteiger partial charge on any atom is 0.251 e. The summed E-state index contributed by atoms with van der Waals surface area (Å²) < 4.78 is 26.0. The first kappa shape index (κ1) is 24.8. The van der Waals surface area contributed by atoms with Gasteiger partial charge in [0.05, 0.1) is 34.9 Å².